The first kappa shape index (κ1) is 16.0. The predicted molar refractivity (Wildman–Crippen MR) is 71.8 cm³/mol. The number of halogens is 3. The summed E-state index contributed by atoms with van der Waals surface area (Å²) in [4.78, 5) is 3.57. The predicted octanol–water partition coefficient (Wildman–Crippen LogP) is 2.08. The molecule has 6 nitrogen and oxygen atoms in total. The molecule has 2 rings (SSSR count). The maximum Gasteiger partial charge on any atom is 0.419 e. The Morgan fingerprint density at radius 1 is 1.41 bits per heavy atom. The lowest BCUT2D eigenvalue weighted by atomic mass is 9.87. The van der Waals surface area contributed by atoms with Crippen LogP contribution in [0.25, 0.3) is 5.52 Å². The minimum Gasteiger partial charge on any atom is -0.390 e. The molecule has 2 aromatic heterocycles. The van der Waals surface area contributed by atoms with Crippen molar-refractivity contribution in [3.8, 4) is 6.07 Å². The monoisotopic (exact) mass is 313 g/mol. The minimum atomic E-state index is -4.76. The molecule has 0 aromatic carbocycles. The third-order valence-corrected chi connectivity index (χ3v) is 3.61. The van der Waals surface area contributed by atoms with Crippen LogP contribution in [0.2, 0.25) is 0 Å². The fourth-order valence-electron chi connectivity index (χ4n) is 2.21. The van der Waals surface area contributed by atoms with Crippen LogP contribution in [0.4, 0.5) is 19.1 Å². The molecule has 0 saturated carbocycles. The Balaban J connectivity index is 2.97. The van der Waals surface area contributed by atoms with E-state index in [0.717, 1.165) is 10.7 Å². The number of fused-ring (bicyclic) bond motifs is 1. The van der Waals surface area contributed by atoms with Crippen LogP contribution in [0.1, 0.15) is 43.5 Å². The van der Waals surface area contributed by atoms with E-state index in [4.69, 9.17) is 5.73 Å². The summed E-state index contributed by atoms with van der Waals surface area (Å²) in [6.45, 7) is 4.40. The van der Waals surface area contributed by atoms with Crippen molar-refractivity contribution in [2.45, 2.75) is 38.5 Å². The number of alkyl halides is 3. The molecule has 0 radical (unpaired) electrons. The van der Waals surface area contributed by atoms with E-state index in [9.17, 15) is 23.5 Å². The fourth-order valence-corrected chi connectivity index (χ4v) is 2.21. The van der Waals surface area contributed by atoms with Gasteiger partial charge in [-0.2, -0.15) is 18.4 Å². The smallest absolute Gasteiger partial charge is 0.390 e. The number of nitrogens with zero attached hydrogens (tertiary/aromatic N) is 4. The van der Waals surface area contributed by atoms with Crippen LogP contribution >= 0.6 is 0 Å². The average molecular weight is 313 g/mol. The van der Waals surface area contributed by atoms with Gasteiger partial charge in [0.25, 0.3) is 0 Å². The van der Waals surface area contributed by atoms with Crippen LogP contribution in [0, 0.1) is 11.3 Å². The molecular formula is C13H14F3N5O. The Bertz CT molecular complexity index is 767. The fraction of sp³-hybridized carbons (Fsp3) is 0.462. The van der Waals surface area contributed by atoms with Gasteiger partial charge in [0, 0.05) is 5.92 Å². The zero-order chi connectivity index (χ0) is 16.9. The summed E-state index contributed by atoms with van der Waals surface area (Å²) in [5.74, 6) is -1.02. The quantitative estimate of drug-likeness (QED) is 0.884. The van der Waals surface area contributed by atoms with Gasteiger partial charge < -0.3 is 10.8 Å². The van der Waals surface area contributed by atoms with Gasteiger partial charge in [-0.15, -0.1) is 5.10 Å². The van der Waals surface area contributed by atoms with Crippen LogP contribution in [0.15, 0.2) is 6.20 Å². The van der Waals surface area contributed by atoms with Crippen molar-refractivity contribution in [1.29, 1.82) is 5.26 Å². The molecule has 2 aromatic rings. The highest BCUT2D eigenvalue weighted by Crippen LogP contribution is 2.41. The van der Waals surface area contributed by atoms with Gasteiger partial charge in [-0.3, -0.25) is 0 Å². The average Bonchev–Trinajstić information content (AvgIpc) is 2.69. The van der Waals surface area contributed by atoms with Crippen LogP contribution in [-0.4, -0.2) is 25.3 Å². The molecule has 0 amide bonds. The number of anilines is 1. The van der Waals surface area contributed by atoms with Gasteiger partial charge in [0.15, 0.2) is 0 Å². The minimum absolute atomic E-state index is 0.0496. The van der Waals surface area contributed by atoms with Crippen LogP contribution in [0.5, 0.6) is 0 Å². The maximum absolute atomic E-state index is 13.3. The lowest BCUT2D eigenvalue weighted by Gasteiger charge is -2.25. The van der Waals surface area contributed by atoms with Crippen molar-refractivity contribution in [2.24, 2.45) is 0 Å². The van der Waals surface area contributed by atoms with Gasteiger partial charge in [0.2, 0.25) is 5.95 Å². The first-order valence-corrected chi connectivity index (χ1v) is 6.35. The first-order chi connectivity index (χ1) is 9.98. The highest BCUT2D eigenvalue weighted by molar-refractivity contribution is 5.66. The number of nitrogen functional groups attached to an aromatic ring is 1. The number of nitriles is 1. The molecule has 0 bridgehead atoms. The van der Waals surface area contributed by atoms with E-state index in [0.29, 0.717) is 0 Å². The van der Waals surface area contributed by atoms with Crippen molar-refractivity contribution < 1.29 is 18.3 Å². The number of nitrogens with two attached hydrogens (primary N) is 1. The SMILES string of the molecule is CC(c1c(C#N)c(C(F)(F)F)c2cnc(N)nn12)C(C)(C)O. The highest BCUT2D eigenvalue weighted by atomic mass is 19.4. The van der Waals surface area contributed by atoms with Crippen molar-refractivity contribution in [1.82, 2.24) is 14.6 Å². The first-order valence-electron chi connectivity index (χ1n) is 6.35. The molecule has 0 fully saturated rings. The van der Waals surface area contributed by atoms with Gasteiger partial charge in [0.05, 0.1) is 28.6 Å². The van der Waals surface area contributed by atoms with E-state index in [1.54, 1.807) is 6.07 Å². The Morgan fingerprint density at radius 3 is 2.45 bits per heavy atom. The Hall–Kier alpha value is -2.34. The largest absolute Gasteiger partial charge is 0.419 e. The van der Waals surface area contributed by atoms with E-state index in [1.165, 1.54) is 20.8 Å². The molecule has 0 aliphatic rings. The van der Waals surface area contributed by atoms with Gasteiger partial charge in [-0.25, -0.2) is 9.50 Å². The summed E-state index contributed by atoms with van der Waals surface area (Å²) < 4.78 is 40.9. The molecule has 9 heteroatoms. The number of hydrogen-bond donors (Lipinski definition) is 2. The molecule has 0 aliphatic carbocycles. The number of aromatic nitrogens is 3. The second kappa shape index (κ2) is 4.84. The third-order valence-electron chi connectivity index (χ3n) is 3.61. The number of hydrogen-bond acceptors (Lipinski definition) is 5. The molecule has 1 unspecified atom stereocenters. The standard InChI is InChI=1S/C13H14F3N5O/c1-6(12(2,3)22)10-7(4-17)9(13(14,15)16)8-5-19-11(18)20-21(8)10/h5-6,22H,1-3H3,(H2,18,20). The second-order valence-corrected chi connectivity index (χ2v) is 5.53. The Kier molecular flexibility index (Phi) is 3.53. The van der Waals surface area contributed by atoms with E-state index in [1.807, 2.05) is 0 Å². The van der Waals surface area contributed by atoms with Crippen LogP contribution in [0.3, 0.4) is 0 Å². The number of aliphatic hydroxyl groups is 1. The third kappa shape index (κ3) is 2.46. The Labute approximate surface area is 124 Å². The summed E-state index contributed by atoms with van der Waals surface area (Å²) in [7, 11) is 0. The summed E-state index contributed by atoms with van der Waals surface area (Å²) in [5, 5.41) is 23.1. The lowest BCUT2D eigenvalue weighted by Crippen LogP contribution is -2.28. The van der Waals surface area contributed by atoms with Crippen molar-refractivity contribution in [2.75, 3.05) is 5.73 Å². The summed E-state index contributed by atoms with van der Waals surface area (Å²) >= 11 is 0. The van der Waals surface area contributed by atoms with E-state index in [2.05, 4.69) is 10.1 Å². The van der Waals surface area contributed by atoms with E-state index in [-0.39, 0.29) is 17.2 Å². The Morgan fingerprint density at radius 2 is 2.00 bits per heavy atom. The molecule has 118 valence electrons. The molecule has 1 atom stereocenters. The zero-order valence-electron chi connectivity index (χ0n) is 12.1. The van der Waals surface area contributed by atoms with Gasteiger partial charge >= 0.3 is 6.18 Å². The highest BCUT2D eigenvalue weighted by Gasteiger charge is 2.42. The topological polar surface area (TPSA) is 100 Å². The molecule has 0 saturated heterocycles. The van der Waals surface area contributed by atoms with Crippen LogP contribution < -0.4 is 5.73 Å². The van der Waals surface area contributed by atoms with Crippen molar-refractivity contribution in [3.63, 3.8) is 0 Å². The zero-order valence-corrected chi connectivity index (χ0v) is 12.1. The molecule has 2 heterocycles. The molecule has 0 spiro atoms. The van der Waals surface area contributed by atoms with E-state index >= 15 is 0 Å². The summed E-state index contributed by atoms with van der Waals surface area (Å²) in [6.07, 6.45) is -3.83. The van der Waals surface area contributed by atoms with Crippen molar-refractivity contribution in [3.05, 3.63) is 23.0 Å². The molecule has 3 N–H and O–H groups in total. The van der Waals surface area contributed by atoms with Gasteiger partial charge in [-0.1, -0.05) is 6.92 Å². The molecule has 22 heavy (non-hydrogen) atoms. The maximum atomic E-state index is 13.3. The normalized spacial score (nSPS) is 14.1. The van der Waals surface area contributed by atoms with Crippen molar-refractivity contribution >= 4 is 11.5 Å². The number of rotatable bonds is 2. The van der Waals surface area contributed by atoms with Gasteiger partial charge in [-0.05, 0) is 13.8 Å². The van der Waals surface area contributed by atoms with Crippen LogP contribution in [-0.2, 0) is 6.18 Å². The summed E-state index contributed by atoms with van der Waals surface area (Å²) in [6, 6.07) is 1.57. The molecular weight excluding hydrogens is 299 g/mol. The lowest BCUT2D eigenvalue weighted by molar-refractivity contribution is -0.136. The summed E-state index contributed by atoms with van der Waals surface area (Å²) in [5.41, 5.74) is 1.96. The second-order valence-electron chi connectivity index (χ2n) is 5.53. The van der Waals surface area contributed by atoms with E-state index < -0.39 is 28.8 Å². The van der Waals surface area contributed by atoms with Gasteiger partial charge in [0.1, 0.15) is 11.6 Å². The molecule has 0 aliphatic heterocycles.